The van der Waals surface area contributed by atoms with Gasteiger partial charge in [0.25, 0.3) is 11.8 Å². The summed E-state index contributed by atoms with van der Waals surface area (Å²) in [5.41, 5.74) is 8.23. The fraction of sp³-hybridized carbons (Fsp3) is 0.256. The number of ether oxygens (including phenoxy) is 2. The number of benzene rings is 4. The quantitative estimate of drug-likeness (QED) is 0.196. The first-order chi connectivity index (χ1) is 25.7. The molecule has 54 heavy (non-hydrogen) atoms. The smallest absolute Gasteiger partial charge is 0.264 e. The van der Waals surface area contributed by atoms with E-state index in [1.807, 2.05) is 71.2 Å². The second-order valence-electron chi connectivity index (χ2n) is 14.4. The van der Waals surface area contributed by atoms with Crippen LogP contribution in [0.4, 0.5) is 11.4 Å². The summed E-state index contributed by atoms with van der Waals surface area (Å²) < 4.78 is 16.4. The van der Waals surface area contributed by atoms with E-state index in [2.05, 4.69) is 41.6 Å². The van der Waals surface area contributed by atoms with Crippen LogP contribution in [0, 0.1) is 0 Å². The molecule has 0 saturated carbocycles. The number of likely N-dealkylation sites (N-methyl/N-ethyl adjacent to an activating group) is 1. The number of aromatic nitrogens is 2. The van der Waals surface area contributed by atoms with Crippen molar-refractivity contribution in [3.63, 3.8) is 0 Å². The van der Waals surface area contributed by atoms with E-state index in [1.165, 1.54) is 5.56 Å². The second-order valence-corrected chi connectivity index (χ2v) is 14.4. The fourth-order valence-corrected chi connectivity index (χ4v) is 8.13. The van der Waals surface area contributed by atoms with E-state index in [4.69, 9.17) is 9.47 Å². The van der Waals surface area contributed by atoms with E-state index in [1.54, 1.807) is 29.2 Å². The lowest BCUT2D eigenvalue weighted by Gasteiger charge is -2.36. The van der Waals surface area contributed by atoms with Crippen LogP contribution in [0.5, 0.6) is 17.2 Å². The van der Waals surface area contributed by atoms with Gasteiger partial charge in [-0.25, -0.2) is 0 Å². The number of carbonyl (C=O) groups is 2. The third-order valence-corrected chi connectivity index (χ3v) is 11.0. The number of anilines is 2. The number of carbonyl (C=O) groups excluding carboxylic acids is 2. The number of nitrogens with zero attached hydrogens (tertiary/aromatic N) is 5. The molecule has 2 aromatic heterocycles. The van der Waals surface area contributed by atoms with Crippen molar-refractivity contribution in [3.8, 4) is 28.5 Å². The number of phenolic OH excluding ortho intramolecular Hbond substituents is 1. The maximum atomic E-state index is 15.2. The fourth-order valence-electron chi connectivity index (χ4n) is 8.13. The first-order valence-corrected chi connectivity index (χ1v) is 18.1. The van der Waals surface area contributed by atoms with Gasteiger partial charge in [-0.15, -0.1) is 12.4 Å². The van der Waals surface area contributed by atoms with Crippen molar-refractivity contribution in [1.29, 1.82) is 0 Å². The lowest BCUT2D eigenvalue weighted by Crippen LogP contribution is -2.42. The average Bonchev–Trinajstić information content (AvgIpc) is 3.74. The maximum absolute atomic E-state index is 15.2. The number of aryl methyl sites for hydroxylation is 1. The minimum Gasteiger partial charge on any atom is -0.508 e. The molecule has 0 spiro atoms. The molecule has 3 aliphatic heterocycles. The third-order valence-electron chi connectivity index (χ3n) is 11.0. The summed E-state index contributed by atoms with van der Waals surface area (Å²) in [5.74, 6) is 0.954. The van der Waals surface area contributed by atoms with Crippen molar-refractivity contribution < 1.29 is 24.2 Å². The van der Waals surface area contributed by atoms with Crippen LogP contribution >= 0.6 is 12.4 Å². The van der Waals surface area contributed by atoms with Crippen molar-refractivity contribution in [3.05, 3.63) is 125 Å². The normalized spacial score (nSPS) is 16.4. The van der Waals surface area contributed by atoms with Crippen molar-refractivity contribution >= 4 is 46.5 Å². The Morgan fingerprint density at radius 3 is 2.30 bits per heavy atom. The van der Waals surface area contributed by atoms with Gasteiger partial charge in [0, 0.05) is 79.0 Å². The Hall–Kier alpha value is -5.71. The Kier molecular flexibility index (Phi) is 9.11. The molecule has 0 fully saturated rings. The zero-order valence-electron chi connectivity index (χ0n) is 30.5. The first kappa shape index (κ1) is 35.3. The van der Waals surface area contributed by atoms with E-state index in [-0.39, 0.29) is 36.0 Å². The van der Waals surface area contributed by atoms with Gasteiger partial charge in [0.1, 0.15) is 19.0 Å². The SMILES string of the molecule is C[C@@H]1Cc2ccccc2CN1C(=O)c1cc2c(cc1-c1cc(C(=O)N(c3ccc(O)cc3)c3ccc4c(ccn4C)c3)c3n1CCN(C)C3)OCCO2.Cl. The number of aromatic hydroxyl groups is 1. The topological polar surface area (TPSA) is 92.4 Å². The van der Waals surface area contributed by atoms with Crippen LogP contribution in [0.15, 0.2) is 97.2 Å². The minimum atomic E-state index is -0.206. The van der Waals surface area contributed by atoms with Gasteiger partial charge in [0.15, 0.2) is 11.5 Å². The van der Waals surface area contributed by atoms with E-state index in [0.717, 1.165) is 40.8 Å². The Balaban J connectivity index is 0.00000413. The van der Waals surface area contributed by atoms with Crippen LogP contribution < -0.4 is 14.4 Å². The van der Waals surface area contributed by atoms with Crippen LogP contribution in [0.2, 0.25) is 0 Å². The highest BCUT2D eigenvalue weighted by molar-refractivity contribution is 6.13. The summed E-state index contributed by atoms with van der Waals surface area (Å²) >= 11 is 0. The number of phenols is 1. The molecule has 0 unspecified atom stereocenters. The molecular weight excluding hydrogens is 702 g/mol. The van der Waals surface area contributed by atoms with Crippen molar-refractivity contribution in [1.82, 2.24) is 18.9 Å². The summed E-state index contributed by atoms with van der Waals surface area (Å²) in [7, 11) is 4.05. The maximum Gasteiger partial charge on any atom is 0.264 e. The molecule has 4 aromatic carbocycles. The number of hydrogen-bond acceptors (Lipinski definition) is 6. The predicted octanol–water partition coefficient (Wildman–Crippen LogP) is 7.56. The molecule has 2 amide bonds. The molecule has 10 nitrogen and oxygen atoms in total. The van der Waals surface area contributed by atoms with Gasteiger partial charge >= 0.3 is 0 Å². The zero-order chi connectivity index (χ0) is 36.4. The molecule has 276 valence electrons. The van der Waals surface area contributed by atoms with Gasteiger partial charge in [-0.05, 0) is 98.2 Å². The van der Waals surface area contributed by atoms with Gasteiger partial charge in [-0.3, -0.25) is 19.4 Å². The molecule has 9 rings (SSSR count). The highest BCUT2D eigenvalue weighted by Crippen LogP contribution is 2.42. The van der Waals surface area contributed by atoms with Crippen molar-refractivity contribution in [2.24, 2.45) is 7.05 Å². The molecule has 11 heteroatoms. The third kappa shape index (κ3) is 6.05. The predicted molar refractivity (Wildman–Crippen MR) is 211 cm³/mol. The molecule has 0 radical (unpaired) electrons. The summed E-state index contributed by atoms with van der Waals surface area (Å²) in [6.45, 7) is 5.40. The van der Waals surface area contributed by atoms with Gasteiger partial charge in [0.05, 0.1) is 16.8 Å². The van der Waals surface area contributed by atoms with Crippen LogP contribution in [0.1, 0.15) is 44.5 Å². The first-order valence-electron chi connectivity index (χ1n) is 18.1. The molecule has 1 atom stereocenters. The second kappa shape index (κ2) is 13.9. The number of amides is 2. The molecule has 3 aliphatic rings. The molecule has 6 aromatic rings. The van der Waals surface area contributed by atoms with Crippen LogP contribution in [0.3, 0.4) is 0 Å². The summed E-state index contributed by atoms with van der Waals surface area (Å²) in [6, 6.07) is 28.7. The van der Waals surface area contributed by atoms with Crippen molar-refractivity contribution in [2.75, 3.05) is 31.7 Å². The van der Waals surface area contributed by atoms with E-state index in [9.17, 15) is 9.90 Å². The summed E-state index contributed by atoms with van der Waals surface area (Å²) in [4.78, 5) is 35.8. The van der Waals surface area contributed by atoms with Crippen LogP contribution in [-0.2, 0) is 33.1 Å². The summed E-state index contributed by atoms with van der Waals surface area (Å²) in [5, 5.41) is 11.2. The van der Waals surface area contributed by atoms with Gasteiger partial charge < -0.3 is 28.6 Å². The molecule has 0 bridgehead atoms. The Morgan fingerprint density at radius 2 is 1.52 bits per heavy atom. The lowest BCUT2D eigenvalue weighted by molar-refractivity contribution is 0.0657. The number of fused-ring (bicyclic) bond motifs is 4. The molecule has 5 heterocycles. The van der Waals surface area contributed by atoms with Crippen LogP contribution in [-0.4, -0.2) is 68.7 Å². The Morgan fingerprint density at radius 1 is 0.796 bits per heavy atom. The van der Waals surface area contributed by atoms with Crippen molar-refractivity contribution in [2.45, 2.75) is 39.0 Å². The van der Waals surface area contributed by atoms with Crippen LogP contribution in [0.25, 0.3) is 22.2 Å². The molecular formula is C43H42ClN5O5. The average molecular weight is 744 g/mol. The van der Waals surface area contributed by atoms with E-state index < -0.39 is 0 Å². The van der Waals surface area contributed by atoms with Gasteiger partial charge in [0.2, 0.25) is 0 Å². The number of hydrogen-bond donors (Lipinski definition) is 1. The van der Waals surface area contributed by atoms with Gasteiger partial charge in [-0.1, -0.05) is 24.3 Å². The standard InChI is InChI=1S/C43H41N5O5.ClH/c1-27-20-28-6-4-5-7-30(28)25-47(27)42(50)35-24-41-40(52-18-19-53-41)23-34(35)38-22-36(39-26-44(2)16-17-46(38)39)43(51)48(31-8-11-33(49)12-9-31)32-10-13-37-29(21-32)14-15-45(37)3;/h4-15,21-24,27,49H,16-20,25-26H2,1-3H3;1H/t27-;/m1./s1. The monoisotopic (exact) mass is 743 g/mol. The van der Waals surface area contributed by atoms with E-state index >= 15 is 4.79 Å². The zero-order valence-corrected chi connectivity index (χ0v) is 31.3. The Labute approximate surface area is 320 Å². The molecule has 0 aliphatic carbocycles. The highest BCUT2D eigenvalue weighted by atomic mass is 35.5. The lowest BCUT2D eigenvalue weighted by atomic mass is 9.93. The number of halogens is 1. The molecule has 1 N–H and O–H groups in total. The van der Waals surface area contributed by atoms with E-state index in [0.29, 0.717) is 72.4 Å². The molecule has 0 saturated heterocycles. The minimum absolute atomic E-state index is 0. The number of rotatable bonds is 5. The highest BCUT2D eigenvalue weighted by Gasteiger charge is 2.34. The summed E-state index contributed by atoms with van der Waals surface area (Å²) in [6.07, 6.45) is 2.78. The Bertz CT molecular complexity index is 2420. The van der Waals surface area contributed by atoms with Gasteiger partial charge in [-0.2, -0.15) is 0 Å². The largest absolute Gasteiger partial charge is 0.508 e.